The fourth-order valence-electron chi connectivity index (χ4n) is 1.49. The van der Waals surface area contributed by atoms with E-state index in [2.05, 4.69) is 15.3 Å². The Kier molecular flexibility index (Phi) is 3.08. The van der Waals surface area contributed by atoms with Crippen LogP contribution in [0.2, 0.25) is 0 Å². The first-order chi connectivity index (χ1) is 6.84. The van der Waals surface area contributed by atoms with Gasteiger partial charge in [-0.15, -0.1) is 0 Å². The van der Waals surface area contributed by atoms with Crippen molar-refractivity contribution in [2.75, 3.05) is 23.3 Å². The average molecular weight is 210 g/mol. The molecule has 0 amide bonds. The van der Waals surface area contributed by atoms with Crippen molar-refractivity contribution < 1.29 is 0 Å². The van der Waals surface area contributed by atoms with E-state index in [1.54, 1.807) is 6.07 Å². The summed E-state index contributed by atoms with van der Waals surface area (Å²) in [5.74, 6) is 2.63. The maximum atomic E-state index is 5.55. The maximum absolute atomic E-state index is 5.55. The van der Waals surface area contributed by atoms with Gasteiger partial charge in [0.25, 0.3) is 0 Å². The molecule has 1 atom stereocenters. The van der Waals surface area contributed by atoms with E-state index < -0.39 is 0 Å². The van der Waals surface area contributed by atoms with Crippen LogP contribution in [0.15, 0.2) is 12.4 Å². The predicted molar refractivity (Wildman–Crippen MR) is 60.4 cm³/mol. The number of nitrogens with two attached hydrogens (primary N) is 1. The normalized spacial score (nSPS) is 21.0. The van der Waals surface area contributed by atoms with Crippen molar-refractivity contribution in [3.63, 3.8) is 0 Å². The summed E-state index contributed by atoms with van der Waals surface area (Å²) < 4.78 is 0. The van der Waals surface area contributed by atoms with Gasteiger partial charge in [-0.1, -0.05) is 0 Å². The van der Waals surface area contributed by atoms with E-state index in [0.717, 1.165) is 17.6 Å². The Morgan fingerprint density at radius 1 is 1.57 bits per heavy atom. The second-order valence-corrected chi connectivity index (χ2v) is 4.75. The molecule has 0 aromatic carbocycles. The number of nitrogens with one attached hydrogen (secondary N) is 1. The van der Waals surface area contributed by atoms with Crippen LogP contribution in [0.5, 0.6) is 0 Å². The molecule has 0 aliphatic carbocycles. The summed E-state index contributed by atoms with van der Waals surface area (Å²) in [6.45, 7) is 0.973. The van der Waals surface area contributed by atoms with Gasteiger partial charge in [0.1, 0.15) is 18.0 Å². The van der Waals surface area contributed by atoms with E-state index in [0.29, 0.717) is 5.82 Å². The Labute approximate surface area is 87.7 Å². The molecule has 0 saturated carbocycles. The van der Waals surface area contributed by atoms with Crippen molar-refractivity contribution >= 4 is 23.4 Å². The van der Waals surface area contributed by atoms with Crippen molar-refractivity contribution in [1.82, 2.24) is 9.97 Å². The Balaban J connectivity index is 1.85. The summed E-state index contributed by atoms with van der Waals surface area (Å²) in [5.41, 5.74) is 5.55. The van der Waals surface area contributed by atoms with Crippen molar-refractivity contribution in [3.8, 4) is 0 Å². The van der Waals surface area contributed by atoms with Gasteiger partial charge in [-0.25, -0.2) is 9.97 Å². The van der Waals surface area contributed by atoms with Crippen LogP contribution in [0, 0.1) is 0 Å². The minimum atomic E-state index is 0.515. The standard InChI is InChI=1S/C9H14N4S/c10-8-4-9(13-6-12-8)11-5-7-2-1-3-14-7/h4,6-7H,1-3,5H2,(H3,10,11,12,13). The zero-order valence-corrected chi connectivity index (χ0v) is 8.76. The lowest BCUT2D eigenvalue weighted by Gasteiger charge is -2.10. The fraction of sp³-hybridized carbons (Fsp3) is 0.556. The molecule has 2 heterocycles. The first-order valence-electron chi connectivity index (χ1n) is 4.77. The Morgan fingerprint density at radius 3 is 3.21 bits per heavy atom. The molecule has 0 radical (unpaired) electrons. The van der Waals surface area contributed by atoms with E-state index in [1.807, 2.05) is 11.8 Å². The number of nitrogen functional groups attached to an aromatic ring is 1. The van der Waals surface area contributed by atoms with Crippen LogP contribution in [0.1, 0.15) is 12.8 Å². The third kappa shape index (κ3) is 2.51. The summed E-state index contributed by atoms with van der Waals surface area (Å²) >= 11 is 2.03. The number of rotatable bonds is 3. The largest absolute Gasteiger partial charge is 0.384 e. The topological polar surface area (TPSA) is 63.8 Å². The second-order valence-electron chi connectivity index (χ2n) is 3.34. The van der Waals surface area contributed by atoms with Gasteiger partial charge in [0.2, 0.25) is 0 Å². The van der Waals surface area contributed by atoms with E-state index in [9.17, 15) is 0 Å². The molecule has 1 unspecified atom stereocenters. The highest BCUT2D eigenvalue weighted by Crippen LogP contribution is 2.26. The number of aromatic nitrogens is 2. The molecular weight excluding hydrogens is 196 g/mol. The summed E-state index contributed by atoms with van der Waals surface area (Å²) in [5, 5.41) is 4.00. The van der Waals surface area contributed by atoms with Gasteiger partial charge in [-0.05, 0) is 18.6 Å². The molecule has 1 aromatic rings. The SMILES string of the molecule is Nc1cc(NCC2CCCS2)ncn1. The summed E-state index contributed by atoms with van der Waals surface area (Å²) in [6.07, 6.45) is 4.13. The van der Waals surface area contributed by atoms with Gasteiger partial charge in [-0.3, -0.25) is 0 Å². The lowest BCUT2D eigenvalue weighted by Crippen LogP contribution is -2.14. The Hall–Kier alpha value is -0.970. The van der Waals surface area contributed by atoms with Gasteiger partial charge >= 0.3 is 0 Å². The third-order valence-corrected chi connectivity index (χ3v) is 3.62. The fourth-order valence-corrected chi connectivity index (χ4v) is 2.69. The smallest absolute Gasteiger partial charge is 0.131 e. The molecule has 1 fully saturated rings. The first kappa shape index (κ1) is 9.58. The molecule has 14 heavy (non-hydrogen) atoms. The van der Waals surface area contributed by atoms with Crippen LogP contribution in [0.25, 0.3) is 0 Å². The summed E-state index contributed by atoms with van der Waals surface area (Å²) in [4.78, 5) is 7.93. The monoisotopic (exact) mass is 210 g/mol. The molecule has 0 spiro atoms. The van der Waals surface area contributed by atoms with Crippen molar-refractivity contribution in [2.45, 2.75) is 18.1 Å². The Morgan fingerprint density at radius 2 is 2.50 bits per heavy atom. The highest BCUT2D eigenvalue weighted by atomic mass is 32.2. The second kappa shape index (κ2) is 4.50. The van der Waals surface area contributed by atoms with Crippen LogP contribution in [-0.4, -0.2) is 27.5 Å². The zero-order valence-electron chi connectivity index (χ0n) is 7.94. The molecule has 1 saturated heterocycles. The van der Waals surface area contributed by atoms with Gasteiger partial charge in [-0.2, -0.15) is 11.8 Å². The number of hydrogen-bond donors (Lipinski definition) is 2. The van der Waals surface area contributed by atoms with E-state index in [-0.39, 0.29) is 0 Å². The average Bonchev–Trinajstić information content (AvgIpc) is 2.67. The van der Waals surface area contributed by atoms with Crippen LogP contribution in [-0.2, 0) is 0 Å². The highest BCUT2D eigenvalue weighted by molar-refractivity contribution is 8.00. The molecule has 1 aliphatic rings. The quantitative estimate of drug-likeness (QED) is 0.788. The van der Waals surface area contributed by atoms with Crippen molar-refractivity contribution in [3.05, 3.63) is 12.4 Å². The van der Waals surface area contributed by atoms with Crippen LogP contribution < -0.4 is 11.1 Å². The molecule has 4 nitrogen and oxygen atoms in total. The molecule has 5 heteroatoms. The van der Waals surface area contributed by atoms with Gasteiger partial charge in [0, 0.05) is 17.9 Å². The van der Waals surface area contributed by atoms with Gasteiger partial charge < -0.3 is 11.1 Å². The predicted octanol–water partition coefficient (Wildman–Crippen LogP) is 1.37. The number of hydrogen-bond acceptors (Lipinski definition) is 5. The highest BCUT2D eigenvalue weighted by Gasteiger charge is 2.14. The lowest BCUT2D eigenvalue weighted by molar-refractivity contribution is 0.803. The number of anilines is 2. The van der Waals surface area contributed by atoms with Gasteiger partial charge in [0.15, 0.2) is 0 Å². The lowest BCUT2D eigenvalue weighted by atomic mass is 10.2. The first-order valence-corrected chi connectivity index (χ1v) is 5.82. The van der Waals surface area contributed by atoms with Crippen LogP contribution in [0.3, 0.4) is 0 Å². The van der Waals surface area contributed by atoms with Crippen molar-refractivity contribution in [1.29, 1.82) is 0 Å². The summed E-state index contributed by atoms with van der Waals surface area (Å²) in [6, 6.07) is 1.76. The molecule has 1 aromatic heterocycles. The number of thioether (sulfide) groups is 1. The zero-order chi connectivity index (χ0) is 9.80. The van der Waals surface area contributed by atoms with E-state index in [1.165, 1.54) is 24.9 Å². The minimum Gasteiger partial charge on any atom is -0.384 e. The third-order valence-electron chi connectivity index (χ3n) is 2.22. The van der Waals surface area contributed by atoms with Crippen LogP contribution >= 0.6 is 11.8 Å². The summed E-state index contributed by atoms with van der Waals surface area (Å²) in [7, 11) is 0. The van der Waals surface area contributed by atoms with Crippen LogP contribution in [0.4, 0.5) is 11.6 Å². The number of nitrogens with zero attached hydrogens (tertiary/aromatic N) is 2. The van der Waals surface area contributed by atoms with Gasteiger partial charge in [0.05, 0.1) is 0 Å². The van der Waals surface area contributed by atoms with Crippen molar-refractivity contribution in [2.24, 2.45) is 0 Å². The molecule has 2 rings (SSSR count). The van der Waals surface area contributed by atoms with E-state index in [4.69, 9.17) is 5.73 Å². The van der Waals surface area contributed by atoms with E-state index >= 15 is 0 Å². The molecule has 3 N–H and O–H groups in total. The Bertz CT molecular complexity index is 299. The molecule has 0 bridgehead atoms. The minimum absolute atomic E-state index is 0.515. The maximum Gasteiger partial charge on any atom is 0.131 e. The molecule has 76 valence electrons. The molecule has 1 aliphatic heterocycles. The molecular formula is C9H14N4S.